The standard InChI is InChI=1S/C5H7Cl3N2.ClH/c1-9-3(6)4(7)10(2)5(9)8;/h5H,1-2H3;1H. The zero-order chi connectivity index (χ0) is 7.89. The molecule has 0 aromatic carbocycles. The van der Waals surface area contributed by atoms with E-state index in [2.05, 4.69) is 0 Å². The van der Waals surface area contributed by atoms with Gasteiger partial charge in [-0.3, -0.25) is 9.80 Å². The summed E-state index contributed by atoms with van der Waals surface area (Å²) in [5, 5.41) is 1.10. The van der Waals surface area contributed by atoms with Crippen LogP contribution in [0.3, 0.4) is 0 Å². The lowest BCUT2D eigenvalue weighted by atomic mass is 10.8. The number of hydrogen-bond acceptors (Lipinski definition) is 1. The predicted molar refractivity (Wildman–Crippen MR) is 43.0 cm³/mol. The molecule has 1 rings (SSSR count). The fourth-order valence-corrected chi connectivity index (χ4v) is 1.61. The molecule has 0 spiro atoms. The molecule has 1 heterocycles. The third-order valence-electron chi connectivity index (χ3n) is 1.53. The van der Waals surface area contributed by atoms with Gasteiger partial charge in [-0.05, 0) is 23.2 Å². The first-order chi connectivity index (χ1) is 4.55. The van der Waals surface area contributed by atoms with Crippen LogP contribution in [0.1, 0.15) is 0 Å². The Morgan fingerprint density at radius 1 is 1.45 bits per heavy atom. The van der Waals surface area contributed by atoms with Gasteiger partial charge in [-0.25, -0.2) is 0 Å². The van der Waals surface area contributed by atoms with Gasteiger partial charge in [-0.2, -0.15) is 0 Å². The van der Waals surface area contributed by atoms with Crippen molar-refractivity contribution in [2.24, 2.45) is 0 Å². The third kappa shape index (κ3) is 1.87. The van der Waals surface area contributed by atoms with Gasteiger partial charge in [0.1, 0.15) is 0 Å². The summed E-state index contributed by atoms with van der Waals surface area (Å²) in [6, 6.07) is 0. The minimum absolute atomic E-state index is 0. The van der Waals surface area contributed by atoms with Crippen molar-refractivity contribution in [2.45, 2.75) is 5.62 Å². The maximum atomic E-state index is 5.88. The number of hydrogen-bond donors (Lipinski definition) is 1. The summed E-state index contributed by atoms with van der Waals surface area (Å²) in [6.45, 7) is 0. The quantitative estimate of drug-likeness (QED) is 0.364. The van der Waals surface area contributed by atoms with E-state index in [4.69, 9.17) is 34.8 Å². The second-order valence-corrected chi connectivity index (χ2v) is 3.38. The van der Waals surface area contributed by atoms with E-state index in [0.29, 0.717) is 10.3 Å². The molecule has 0 aliphatic carbocycles. The Bertz CT molecular complexity index is 163. The minimum atomic E-state index is -0.181. The second kappa shape index (κ2) is 4.06. The lowest BCUT2D eigenvalue weighted by Crippen LogP contribution is -3.09. The summed E-state index contributed by atoms with van der Waals surface area (Å²) in [5.41, 5.74) is -0.181. The van der Waals surface area contributed by atoms with Crippen molar-refractivity contribution < 1.29 is 17.3 Å². The molecule has 0 aromatic heterocycles. The molecule has 2 atom stereocenters. The molecule has 6 heteroatoms. The van der Waals surface area contributed by atoms with E-state index in [1.165, 1.54) is 0 Å². The normalized spacial score (nSPS) is 30.8. The molecular weight excluding hydrogens is 230 g/mol. The molecule has 0 saturated carbocycles. The topological polar surface area (TPSA) is 7.68 Å². The van der Waals surface area contributed by atoms with Gasteiger partial charge in [0.15, 0.2) is 5.16 Å². The lowest BCUT2D eigenvalue weighted by molar-refractivity contribution is -0.847. The maximum Gasteiger partial charge on any atom is 0.247 e. The summed E-state index contributed by atoms with van der Waals surface area (Å²) in [5.74, 6) is 0. The summed E-state index contributed by atoms with van der Waals surface area (Å²) >= 11 is 17.4. The van der Waals surface area contributed by atoms with Crippen LogP contribution < -0.4 is 17.3 Å². The molecule has 11 heavy (non-hydrogen) atoms. The largest absolute Gasteiger partial charge is 1.00 e. The fraction of sp³-hybridized carbons (Fsp3) is 0.600. The van der Waals surface area contributed by atoms with E-state index >= 15 is 0 Å². The average Bonchev–Trinajstić information content (AvgIpc) is 2.07. The van der Waals surface area contributed by atoms with Crippen molar-refractivity contribution in [2.75, 3.05) is 14.1 Å². The molecule has 1 aliphatic rings. The molecule has 1 aliphatic heterocycles. The van der Waals surface area contributed by atoms with Crippen molar-refractivity contribution in [3.8, 4) is 0 Å². The number of halogens is 4. The highest BCUT2D eigenvalue weighted by Crippen LogP contribution is 2.20. The van der Waals surface area contributed by atoms with E-state index in [9.17, 15) is 0 Å². The van der Waals surface area contributed by atoms with E-state index in [0.717, 1.165) is 4.90 Å². The molecule has 0 radical (unpaired) electrons. The predicted octanol–water partition coefficient (Wildman–Crippen LogP) is -2.42. The van der Waals surface area contributed by atoms with Crippen LogP contribution in [0.5, 0.6) is 0 Å². The van der Waals surface area contributed by atoms with Crippen molar-refractivity contribution in [1.29, 1.82) is 0 Å². The minimum Gasteiger partial charge on any atom is -1.00 e. The molecule has 0 saturated heterocycles. The Hall–Kier alpha value is 0.660. The summed E-state index contributed by atoms with van der Waals surface area (Å²) in [7, 11) is 3.67. The third-order valence-corrected chi connectivity index (χ3v) is 3.18. The zero-order valence-corrected chi connectivity index (χ0v) is 9.06. The van der Waals surface area contributed by atoms with Crippen LogP contribution >= 0.6 is 34.8 Å². The van der Waals surface area contributed by atoms with Crippen LogP contribution in [0.4, 0.5) is 0 Å². The Balaban J connectivity index is 0.000001000. The maximum absolute atomic E-state index is 5.88. The van der Waals surface area contributed by atoms with Gasteiger partial charge in [0.2, 0.25) is 10.8 Å². The summed E-state index contributed by atoms with van der Waals surface area (Å²) in [6.07, 6.45) is 0. The van der Waals surface area contributed by atoms with Gasteiger partial charge in [0, 0.05) is 7.05 Å². The Labute approximate surface area is 87.1 Å². The van der Waals surface area contributed by atoms with Crippen molar-refractivity contribution in [1.82, 2.24) is 4.90 Å². The number of nitrogens with one attached hydrogen (secondary N) is 1. The summed E-state index contributed by atoms with van der Waals surface area (Å²) < 4.78 is 0. The molecule has 2 unspecified atom stereocenters. The second-order valence-electron chi connectivity index (χ2n) is 2.23. The van der Waals surface area contributed by atoms with Crippen molar-refractivity contribution in [3.63, 3.8) is 0 Å². The first-order valence-electron chi connectivity index (χ1n) is 2.81. The fourth-order valence-electron chi connectivity index (χ4n) is 0.812. The highest BCUT2D eigenvalue weighted by molar-refractivity contribution is 6.38. The van der Waals surface area contributed by atoms with Gasteiger partial charge >= 0.3 is 0 Å². The van der Waals surface area contributed by atoms with Crippen LogP contribution in [-0.4, -0.2) is 24.6 Å². The Morgan fingerprint density at radius 2 is 1.91 bits per heavy atom. The van der Waals surface area contributed by atoms with Gasteiger partial charge < -0.3 is 12.4 Å². The first kappa shape index (κ1) is 11.7. The van der Waals surface area contributed by atoms with Gasteiger partial charge in [0.05, 0.1) is 7.05 Å². The smallest absolute Gasteiger partial charge is 0.247 e. The van der Waals surface area contributed by atoms with Crippen LogP contribution in [-0.2, 0) is 0 Å². The van der Waals surface area contributed by atoms with Crippen LogP contribution in [0.25, 0.3) is 0 Å². The Morgan fingerprint density at radius 3 is 2.00 bits per heavy atom. The molecule has 0 aromatic rings. The van der Waals surface area contributed by atoms with E-state index < -0.39 is 0 Å². The van der Waals surface area contributed by atoms with E-state index in [-0.39, 0.29) is 18.0 Å². The van der Waals surface area contributed by atoms with E-state index in [1.807, 2.05) is 7.05 Å². The molecule has 0 bridgehead atoms. The molecular formula is C5H8Cl4N2. The van der Waals surface area contributed by atoms with Crippen LogP contribution in [0.2, 0.25) is 0 Å². The van der Waals surface area contributed by atoms with Gasteiger partial charge in [0.25, 0.3) is 0 Å². The summed E-state index contributed by atoms with van der Waals surface area (Å²) in [4.78, 5) is 2.64. The van der Waals surface area contributed by atoms with Crippen LogP contribution in [0, 0.1) is 0 Å². The highest BCUT2D eigenvalue weighted by Gasteiger charge is 2.35. The van der Waals surface area contributed by atoms with Crippen molar-refractivity contribution in [3.05, 3.63) is 10.3 Å². The monoisotopic (exact) mass is 236 g/mol. The Kier molecular flexibility index (Phi) is 4.30. The molecule has 2 nitrogen and oxygen atoms in total. The molecule has 66 valence electrons. The lowest BCUT2D eigenvalue weighted by Gasteiger charge is -2.15. The molecule has 1 N–H and O–H groups in total. The number of alkyl halides is 1. The number of nitrogens with zero attached hydrogens (tertiary/aromatic N) is 1. The van der Waals surface area contributed by atoms with Gasteiger partial charge in [-0.1, -0.05) is 11.6 Å². The number of quaternary nitrogens is 1. The van der Waals surface area contributed by atoms with Crippen LogP contribution in [0.15, 0.2) is 10.3 Å². The van der Waals surface area contributed by atoms with Gasteiger partial charge in [-0.15, -0.1) is 0 Å². The molecule has 0 amide bonds. The molecule has 0 fully saturated rings. The van der Waals surface area contributed by atoms with Crippen molar-refractivity contribution >= 4 is 34.8 Å². The van der Waals surface area contributed by atoms with E-state index in [1.54, 1.807) is 11.9 Å². The SMILES string of the molecule is CN1C(Cl)=C(Cl)[NH+](C)C1Cl.[Cl-]. The highest BCUT2D eigenvalue weighted by atomic mass is 35.5. The first-order valence-corrected chi connectivity index (χ1v) is 4.01. The number of rotatable bonds is 0. The average molecular weight is 238 g/mol. The zero-order valence-electron chi connectivity index (χ0n) is 6.04.